The van der Waals surface area contributed by atoms with E-state index in [1.165, 1.54) is 0 Å². The summed E-state index contributed by atoms with van der Waals surface area (Å²) in [6.45, 7) is 5.27. The summed E-state index contributed by atoms with van der Waals surface area (Å²) >= 11 is 0. The fourth-order valence-electron chi connectivity index (χ4n) is 3.73. The Morgan fingerprint density at radius 2 is 1.65 bits per heavy atom. The summed E-state index contributed by atoms with van der Waals surface area (Å²) < 4.78 is 0. The Bertz CT molecular complexity index is 961. The van der Waals surface area contributed by atoms with Gasteiger partial charge in [0.2, 0.25) is 5.91 Å². The van der Waals surface area contributed by atoms with Gasteiger partial charge in [-0.05, 0) is 49.8 Å². The summed E-state index contributed by atoms with van der Waals surface area (Å²) in [5.74, 6) is -1.73. The van der Waals surface area contributed by atoms with E-state index in [2.05, 4.69) is 16.7 Å². The van der Waals surface area contributed by atoms with Gasteiger partial charge in [0.15, 0.2) is 0 Å². The molecular formula is C25H33BN4O4. The summed E-state index contributed by atoms with van der Waals surface area (Å²) in [6, 6.07) is 18.5. The summed E-state index contributed by atoms with van der Waals surface area (Å²) in [5.41, 5.74) is 2.74. The lowest BCUT2D eigenvalue weighted by Gasteiger charge is -2.21. The van der Waals surface area contributed by atoms with Crippen LogP contribution in [-0.2, 0) is 24.1 Å². The van der Waals surface area contributed by atoms with Crippen LogP contribution in [0, 0.1) is 17.2 Å². The summed E-state index contributed by atoms with van der Waals surface area (Å²) in [6.07, 6.45) is 1.18. The first-order valence-corrected chi connectivity index (χ1v) is 11.6. The Kier molecular flexibility index (Phi) is 11.1. The molecule has 0 aliphatic carbocycles. The number of amides is 3. The molecular weight excluding hydrogens is 431 g/mol. The van der Waals surface area contributed by atoms with Gasteiger partial charge in [-0.25, -0.2) is 4.79 Å². The Morgan fingerprint density at radius 1 is 1.00 bits per heavy atom. The maximum absolute atomic E-state index is 12.5. The lowest BCUT2D eigenvalue weighted by Crippen LogP contribution is -2.51. The fourth-order valence-corrected chi connectivity index (χ4v) is 3.73. The largest absolute Gasteiger partial charge is 0.475 e. The zero-order chi connectivity index (χ0) is 24.9. The minimum absolute atomic E-state index is 0.160. The number of carbonyl (C=O) groups excluding carboxylic acids is 2. The minimum atomic E-state index is -1.69. The predicted molar refractivity (Wildman–Crippen MR) is 132 cm³/mol. The van der Waals surface area contributed by atoms with Crippen molar-refractivity contribution in [3.05, 3.63) is 71.3 Å². The van der Waals surface area contributed by atoms with Gasteiger partial charge in [-0.1, -0.05) is 54.6 Å². The van der Waals surface area contributed by atoms with Crippen LogP contribution < -0.4 is 10.6 Å². The van der Waals surface area contributed by atoms with Crippen molar-refractivity contribution in [2.45, 2.75) is 39.1 Å². The number of nitriles is 1. The molecule has 2 rings (SSSR count). The van der Waals surface area contributed by atoms with Gasteiger partial charge in [0.1, 0.15) is 5.92 Å². The molecule has 8 nitrogen and oxygen atoms in total. The van der Waals surface area contributed by atoms with Crippen molar-refractivity contribution in [1.82, 2.24) is 15.5 Å². The molecule has 0 saturated heterocycles. The van der Waals surface area contributed by atoms with Gasteiger partial charge in [0.05, 0.1) is 12.0 Å². The van der Waals surface area contributed by atoms with Crippen molar-refractivity contribution < 1.29 is 19.6 Å². The van der Waals surface area contributed by atoms with E-state index in [9.17, 15) is 24.9 Å². The molecule has 0 bridgehead atoms. The zero-order valence-corrected chi connectivity index (χ0v) is 19.8. The number of nitrogens with zero attached hydrogens (tertiary/aromatic N) is 2. The highest BCUT2D eigenvalue weighted by Gasteiger charge is 2.25. The third-order valence-corrected chi connectivity index (χ3v) is 5.63. The predicted octanol–water partition coefficient (Wildman–Crippen LogP) is 1.70. The fraction of sp³-hybridized carbons (Fsp3) is 0.400. The molecule has 34 heavy (non-hydrogen) atoms. The van der Waals surface area contributed by atoms with Crippen molar-refractivity contribution in [3.8, 4) is 6.07 Å². The van der Waals surface area contributed by atoms with Crippen molar-refractivity contribution in [3.63, 3.8) is 0 Å². The van der Waals surface area contributed by atoms with Crippen LogP contribution in [0.15, 0.2) is 54.6 Å². The standard InChI is InChI=1S/C25H33BN4O4/c1-3-30(4-2)24(31)22(18-27)16-21-12-8-11-20(15-21)13-14-28-25(32)29-23(26(33)34)17-19-9-6-5-7-10-19/h5-12,15,22-23,33-34H,3-4,13-14,16-17H2,1-2H3,(H2,28,29,32)/t22?,23-/m0/s1. The number of nitrogens with one attached hydrogen (secondary N) is 2. The van der Waals surface area contributed by atoms with Crippen LogP contribution >= 0.6 is 0 Å². The van der Waals surface area contributed by atoms with Crippen LogP contribution in [-0.4, -0.2) is 59.6 Å². The van der Waals surface area contributed by atoms with E-state index in [1.54, 1.807) is 4.90 Å². The van der Waals surface area contributed by atoms with Crippen LogP contribution in [0.2, 0.25) is 0 Å². The average Bonchev–Trinajstić information content (AvgIpc) is 2.83. The van der Waals surface area contributed by atoms with Crippen molar-refractivity contribution >= 4 is 19.1 Å². The third-order valence-electron chi connectivity index (χ3n) is 5.63. The Labute approximate surface area is 201 Å². The number of urea groups is 1. The number of hydrogen-bond acceptors (Lipinski definition) is 5. The molecule has 0 aromatic heterocycles. The van der Waals surface area contributed by atoms with E-state index in [1.807, 2.05) is 68.4 Å². The highest BCUT2D eigenvalue weighted by Crippen LogP contribution is 2.14. The lowest BCUT2D eigenvalue weighted by molar-refractivity contribution is -0.133. The second-order valence-electron chi connectivity index (χ2n) is 8.08. The maximum atomic E-state index is 12.5. The van der Waals surface area contributed by atoms with Gasteiger partial charge in [0.25, 0.3) is 0 Å². The van der Waals surface area contributed by atoms with E-state index in [0.717, 1.165) is 16.7 Å². The molecule has 4 N–H and O–H groups in total. The molecule has 0 fully saturated rings. The Balaban J connectivity index is 1.87. The van der Waals surface area contributed by atoms with Crippen LogP contribution in [0.1, 0.15) is 30.5 Å². The normalized spacial score (nSPS) is 12.2. The molecule has 180 valence electrons. The van der Waals surface area contributed by atoms with Crippen molar-refractivity contribution in [2.24, 2.45) is 5.92 Å². The average molecular weight is 464 g/mol. The first-order valence-electron chi connectivity index (χ1n) is 11.6. The molecule has 1 unspecified atom stereocenters. The van der Waals surface area contributed by atoms with Gasteiger partial charge in [-0.2, -0.15) is 5.26 Å². The highest BCUT2D eigenvalue weighted by atomic mass is 16.4. The molecule has 9 heteroatoms. The van der Waals surface area contributed by atoms with Gasteiger partial charge < -0.3 is 25.6 Å². The smallest absolute Gasteiger partial charge is 0.426 e. The molecule has 0 saturated carbocycles. The number of carbonyl (C=O) groups is 2. The van der Waals surface area contributed by atoms with E-state index in [4.69, 9.17) is 0 Å². The third kappa shape index (κ3) is 8.54. The summed E-state index contributed by atoms with van der Waals surface area (Å²) in [4.78, 5) is 26.5. The monoisotopic (exact) mass is 464 g/mol. The second kappa shape index (κ2) is 14.0. The first-order chi connectivity index (χ1) is 16.4. The SMILES string of the molecule is CCN(CC)C(=O)C(C#N)Cc1cccc(CCNC(=O)N[C@@H](Cc2ccccc2)B(O)O)c1. The molecule has 0 aliphatic rings. The van der Waals surface area contributed by atoms with Gasteiger partial charge in [-0.3, -0.25) is 4.79 Å². The Morgan fingerprint density at radius 3 is 2.26 bits per heavy atom. The quantitative estimate of drug-likeness (QED) is 0.356. The summed E-state index contributed by atoms with van der Waals surface area (Å²) in [5, 5.41) is 34.1. The van der Waals surface area contributed by atoms with E-state index < -0.39 is 25.0 Å². The molecule has 0 aliphatic heterocycles. The highest BCUT2D eigenvalue weighted by molar-refractivity contribution is 6.43. The molecule has 0 heterocycles. The first kappa shape index (κ1) is 26.9. The van der Waals surface area contributed by atoms with Gasteiger partial charge >= 0.3 is 13.1 Å². The number of rotatable bonds is 12. The molecule has 2 aromatic carbocycles. The zero-order valence-electron chi connectivity index (χ0n) is 19.8. The van der Waals surface area contributed by atoms with Crippen LogP contribution in [0.3, 0.4) is 0 Å². The minimum Gasteiger partial charge on any atom is -0.426 e. The topological polar surface area (TPSA) is 126 Å². The number of benzene rings is 2. The van der Waals surface area contributed by atoms with Crippen LogP contribution in [0.25, 0.3) is 0 Å². The van der Waals surface area contributed by atoms with E-state index in [-0.39, 0.29) is 5.91 Å². The van der Waals surface area contributed by atoms with Gasteiger partial charge in [-0.15, -0.1) is 0 Å². The molecule has 3 amide bonds. The molecule has 0 radical (unpaired) electrons. The maximum Gasteiger partial charge on any atom is 0.475 e. The van der Waals surface area contributed by atoms with Crippen LogP contribution in [0.4, 0.5) is 4.79 Å². The van der Waals surface area contributed by atoms with Crippen molar-refractivity contribution in [1.29, 1.82) is 5.26 Å². The van der Waals surface area contributed by atoms with E-state index in [0.29, 0.717) is 38.9 Å². The molecule has 2 aromatic rings. The Hall–Kier alpha value is -3.35. The van der Waals surface area contributed by atoms with E-state index >= 15 is 0 Å². The lowest BCUT2D eigenvalue weighted by atomic mass is 9.76. The van der Waals surface area contributed by atoms with Crippen molar-refractivity contribution in [2.75, 3.05) is 19.6 Å². The summed E-state index contributed by atoms with van der Waals surface area (Å²) in [7, 11) is -1.69. The van der Waals surface area contributed by atoms with Gasteiger partial charge in [0, 0.05) is 19.6 Å². The number of hydrogen-bond donors (Lipinski definition) is 4. The molecule has 0 spiro atoms. The molecule has 2 atom stereocenters. The van der Waals surface area contributed by atoms with Crippen LogP contribution in [0.5, 0.6) is 0 Å². The second-order valence-corrected chi connectivity index (χ2v) is 8.08.